The van der Waals surface area contributed by atoms with E-state index < -0.39 is 0 Å². The van der Waals surface area contributed by atoms with Crippen molar-refractivity contribution in [1.29, 1.82) is 0 Å². The van der Waals surface area contributed by atoms with E-state index in [1.165, 1.54) is 18.9 Å². The molecule has 0 amide bonds. The molecule has 0 radical (unpaired) electrons. The minimum Gasteiger partial charge on any atom is -0.497 e. The fourth-order valence-electron chi connectivity index (χ4n) is 3.39. The van der Waals surface area contributed by atoms with Crippen molar-refractivity contribution in [2.75, 3.05) is 20.0 Å². The van der Waals surface area contributed by atoms with E-state index in [1.54, 1.807) is 35.9 Å². The van der Waals surface area contributed by atoms with Gasteiger partial charge in [0.15, 0.2) is 10.9 Å². The Labute approximate surface area is 186 Å². The largest absolute Gasteiger partial charge is 0.497 e. The number of Topliss-reactive ketones (excluding diaryl/α,β-unsaturated/α-hetero) is 1. The molecule has 1 heterocycles. The second kappa shape index (κ2) is 11.0. The van der Waals surface area contributed by atoms with Crippen LogP contribution in [0.1, 0.15) is 43.0 Å². The number of nitrogens with zero attached hydrogens (tertiary/aromatic N) is 2. The Morgan fingerprint density at radius 1 is 1.06 bits per heavy atom. The second-order valence-corrected chi connectivity index (χ2v) is 8.15. The quantitative estimate of drug-likeness (QED) is 0.181. The number of fused-ring (bicyclic) bond motifs is 1. The Balaban J connectivity index is 1.86. The van der Waals surface area contributed by atoms with Gasteiger partial charge < -0.3 is 9.47 Å². The van der Waals surface area contributed by atoms with Gasteiger partial charge in [-0.15, -0.1) is 0 Å². The molecule has 0 aliphatic carbocycles. The van der Waals surface area contributed by atoms with E-state index in [2.05, 4.69) is 6.92 Å². The summed E-state index contributed by atoms with van der Waals surface area (Å²) >= 11 is 1.29. The lowest BCUT2D eigenvalue weighted by Crippen LogP contribution is -2.24. The van der Waals surface area contributed by atoms with Gasteiger partial charge in [-0.3, -0.25) is 14.2 Å². The smallest absolute Gasteiger partial charge is 0.262 e. The number of unbranched alkanes of at least 4 members (excludes halogenated alkanes) is 3. The lowest BCUT2D eigenvalue weighted by Gasteiger charge is -2.13. The van der Waals surface area contributed by atoms with Crippen molar-refractivity contribution in [3.05, 3.63) is 58.4 Å². The molecule has 0 atom stereocenters. The summed E-state index contributed by atoms with van der Waals surface area (Å²) in [4.78, 5) is 30.7. The average Bonchev–Trinajstić information content (AvgIpc) is 2.81. The van der Waals surface area contributed by atoms with Crippen LogP contribution >= 0.6 is 11.8 Å². The van der Waals surface area contributed by atoms with Crippen molar-refractivity contribution in [1.82, 2.24) is 9.55 Å². The number of rotatable bonds is 11. The lowest BCUT2D eigenvalue weighted by molar-refractivity contribution is 0.101. The number of ketones is 1. The third kappa shape index (κ3) is 5.47. The van der Waals surface area contributed by atoms with Gasteiger partial charge in [-0.05, 0) is 30.7 Å². The van der Waals surface area contributed by atoms with E-state index in [4.69, 9.17) is 14.5 Å². The summed E-state index contributed by atoms with van der Waals surface area (Å²) in [5.41, 5.74) is 1.07. The number of hydrogen-bond acceptors (Lipinski definition) is 6. The molecule has 0 fully saturated rings. The molecule has 2 aromatic carbocycles. The molecule has 0 aliphatic heterocycles. The molecule has 0 saturated carbocycles. The maximum Gasteiger partial charge on any atom is 0.262 e. The molecule has 7 heteroatoms. The van der Waals surface area contributed by atoms with Crippen LogP contribution in [-0.2, 0) is 6.54 Å². The minimum atomic E-state index is -0.0931. The molecular weight excluding hydrogens is 412 g/mol. The van der Waals surface area contributed by atoms with Crippen molar-refractivity contribution in [3.8, 4) is 11.5 Å². The predicted molar refractivity (Wildman–Crippen MR) is 125 cm³/mol. The van der Waals surface area contributed by atoms with E-state index in [-0.39, 0.29) is 17.1 Å². The first-order chi connectivity index (χ1) is 15.1. The summed E-state index contributed by atoms with van der Waals surface area (Å²) in [7, 11) is 3.09. The van der Waals surface area contributed by atoms with Crippen LogP contribution in [0.4, 0.5) is 0 Å². The highest BCUT2D eigenvalue weighted by atomic mass is 32.2. The van der Waals surface area contributed by atoms with Gasteiger partial charge in [0.2, 0.25) is 0 Å². The molecule has 0 saturated heterocycles. The maximum atomic E-state index is 13.1. The van der Waals surface area contributed by atoms with Gasteiger partial charge >= 0.3 is 0 Å². The zero-order valence-corrected chi connectivity index (χ0v) is 19.0. The number of ether oxygens (including phenoxy) is 2. The van der Waals surface area contributed by atoms with E-state index >= 15 is 0 Å². The first-order valence-corrected chi connectivity index (χ1v) is 11.4. The SMILES string of the molecule is CCCCCCn1c(SCC(=O)c2ccc(OC)cc2OC)nc2ccccc2c1=O. The Morgan fingerprint density at radius 2 is 1.87 bits per heavy atom. The first-order valence-electron chi connectivity index (χ1n) is 10.5. The first kappa shape index (κ1) is 22.9. The van der Waals surface area contributed by atoms with E-state index in [1.807, 2.05) is 18.2 Å². The van der Waals surface area contributed by atoms with Crippen LogP contribution in [0.25, 0.3) is 10.9 Å². The highest BCUT2D eigenvalue weighted by Gasteiger charge is 2.17. The van der Waals surface area contributed by atoms with Crippen LogP contribution in [-0.4, -0.2) is 35.3 Å². The number of carbonyl (C=O) groups excluding carboxylic acids is 1. The van der Waals surface area contributed by atoms with Gasteiger partial charge in [0, 0.05) is 12.6 Å². The predicted octanol–water partition coefficient (Wildman–Crippen LogP) is 4.97. The molecule has 1 aromatic heterocycles. The minimum absolute atomic E-state index is 0.0564. The monoisotopic (exact) mass is 440 g/mol. The number of methoxy groups -OCH3 is 2. The molecule has 0 unspecified atom stereocenters. The summed E-state index contributed by atoms with van der Waals surface area (Å²) < 4.78 is 12.3. The van der Waals surface area contributed by atoms with Gasteiger partial charge in [-0.25, -0.2) is 4.98 Å². The summed E-state index contributed by atoms with van der Waals surface area (Å²) in [5, 5.41) is 1.17. The average molecular weight is 441 g/mol. The van der Waals surface area contributed by atoms with Crippen molar-refractivity contribution in [2.24, 2.45) is 0 Å². The number of para-hydroxylation sites is 1. The molecule has 0 N–H and O–H groups in total. The molecule has 3 rings (SSSR count). The van der Waals surface area contributed by atoms with Crippen LogP contribution < -0.4 is 15.0 Å². The van der Waals surface area contributed by atoms with Gasteiger partial charge in [-0.2, -0.15) is 0 Å². The highest BCUT2D eigenvalue weighted by Crippen LogP contribution is 2.27. The number of hydrogen-bond donors (Lipinski definition) is 0. The molecule has 164 valence electrons. The third-order valence-electron chi connectivity index (χ3n) is 5.10. The van der Waals surface area contributed by atoms with Crippen molar-refractivity contribution in [2.45, 2.75) is 44.3 Å². The van der Waals surface area contributed by atoms with Crippen LogP contribution in [0.3, 0.4) is 0 Å². The van der Waals surface area contributed by atoms with E-state index in [9.17, 15) is 9.59 Å². The molecule has 31 heavy (non-hydrogen) atoms. The molecule has 0 aliphatic rings. The van der Waals surface area contributed by atoms with Crippen molar-refractivity contribution in [3.63, 3.8) is 0 Å². The number of benzene rings is 2. The summed E-state index contributed by atoms with van der Waals surface area (Å²) in [6, 6.07) is 12.5. The molecule has 0 spiro atoms. The topological polar surface area (TPSA) is 70.4 Å². The Kier molecular flexibility index (Phi) is 8.12. The van der Waals surface area contributed by atoms with E-state index in [0.29, 0.717) is 39.7 Å². The van der Waals surface area contributed by atoms with Gasteiger partial charge in [0.1, 0.15) is 11.5 Å². The number of thioether (sulfide) groups is 1. The van der Waals surface area contributed by atoms with E-state index in [0.717, 1.165) is 25.7 Å². The standard InChI is InChI=1S/C24H28N2O4S/c1-4-5-6-9-14-26-23(28)18-10-7-8-11-20(18)25-24(26)31-16-21(27)19-13-12-17(29-2)15-22(19)30-3/h7-8,10-13,15H,4-6,9,14,16H2,1-3H3. The van der Waals surface area contributed by atoms with Crippen LogP contribution in [0.5, 0.6) is 11.5 Å². The fourth-order valence-corrected chi connectivity index (χ4v) is 4.30. The third-order valence-corrected chi connectivity index (χ3v) is 6.08. The van der Waals surface area contributed by atoms with Crippen molar-refractivity contribution < 1.29 is 14.3 Å². The Bertz CT molecular complexity index is 1110. The van der Waals surface area contributed by atoms with Crippen molar-refractivity contribution >= 4 is 28.4 Å². The molecule has 0 bridgehead atoms. The zero-order valence-electron chi connectivity index (χ0n) is 18.2. The second-order valence-electron chi connectivity index (χ2n) is 7.21. The normalized spacial score (nSPS) is 10.9. The van der Waals surface area contributed by atoms with Crippen LogP contribution in [0.2, 0.25) is 0 Å². The fraction of sp³-hybridized carbons (Fsp3) is 0.375. The zero-order chi connectivity index (χ0) is 22.2. The molecule has 3 aromatic rings. The maximum absolute atomic E-state index is 13.1. The molecule has 6 nitrogen and oxygen atoms in total. The molecular formula is C24H28N2O4S. The number of carbonyl (C=O) groups is 1. The Morgan fingerprint density at radius 3 is 2.61 bits per heavy atom. The number of aromatic nitrogens is 2. The Hall–Kier alpha value is -2.80. The van der Waals surface area contributed by atoms with Gasteiger partial charge in [-0.1, -0.05) is 50.1 Å². The summed E-state index contributed by atoms with van der Waals surface area (Å²) in [5.74, 6) is 1.15. The van der Waals surface area contributed by atoms with Crippen LogP contribution in [0, 0.1) is 0 Å². The van der Waals surface area contributed by atoms with Gasteiger partial charge in [0.25, 0.3) is 5.56 Å². The van der Waals surface area contributed by atoms with Crippen LogP contribution in [0.15, 0.2) is 52.4 Å². The lowest BCUT2D eigenvalue weighted by atomic mass is 10.1. The summed E-state index contributed by atoms with van der Waals surface area (Å²) in [6.45, 7) is 2.75. The van der Waals surface area contributed by atoms with Gasteiger partial charge in [0.05, 0.1) is 36.4 Å². The summed E-state index contributed by atoms with van der Waals surface area (Å²) in [6.07, 6.45) is 4.22. The highest BCUT2D eigenvalue weighted by molar-refractivity contribution is 7.99.